The maximum absolute atomic E-state index is 11.5. The van der Waals surface area contributed by atoms with E-state index in [9.17, 15) is 8.42 Å². The molecule has 88 valence electrons. The van der Waals surface area contributed by atoms with Crippen LogP contribution in [0.1, 0.15) is 18.4 Å². The molecule has 1 N–H and O–H groups in total. The van der Waals surface area contributed by atoms with Crippen LogP contribution in [0.25, 0.3) is 0 Å². The van der Waals surface area contributed by atoms with Gasteiger partial charge in [-0.15, -0.1) is 0 Å². The Kier molecular flexibility index (Phi) is 3.14. The molecular formula is C11H16N2O2S. The normalized spacial score (nSPS) is 23.9. The number of sulfone groups is 1. The molecule has 0 spiro atoms. The van der Waals surface area contributed by atoms with Gasteiger partial charge in [-0.25, -0.2) is 8.42 Å². The van der Waals surface area contributed by atoms with E-state index in [2.05, 4.69) is 10.3 Å². The fraction of sp³-hybridized carbons (Fsp3) is 0.545. The van der Waals surface area contributed by atoms with Gasteiger partial charge in [-0.1, -0.05) is 0 Å². The van der Waals surface area contributed by atoms with Gasteiger partial charge < -0.3 is 5.32 Å². The monoisotopic (exact) mass is 240 g/mol. The highest BCUT2D eigenvalue weighted by atomic mass is 32.2. The fourth-order valence-corrected chi connectivity index (χ4v) is 3.61. The number of aromatic nitrogens is 1. The Morgan fingerprint density at radius 1 is 1.50 bits per heavy atom. The van der Waals surface area contributed by atoms with Crippen LogP contribution in [-0.4, -0.2) is 30.9 Å². The van der Waals surface area contributed by atoms with E-state index in [1.54, 1.807) is 12.4 Å². The highest BCUT2D eigenvalue weighted by Gasteiger charge is 2.24. The van der Waals surface area contributed by atoms with Crippen molar-refractivity contribution in [1.82, 2.24) is 4.98 Å². The van der Waals surface area contributed by atoms with Gasteiger partial charge in [0.25, 0.3) is 0 Å². The van der Waals surface area contributed by atoms with Crippen LogP contribution in [0.2, 0.25) is 0 Å². The van der Waals surface area contributed by atoms with E-state index >= 15 is 0 Å². The lowest BCUT2D eigenvalue weighted by Gasteiger charge is -2.24. The van der Waals surface area contributed by atoms with E-state index < -0.39 is 9.84 Å². The molecule has 0 bridgehead atoms. The molecular weight excluding hydrogens is 224 g/mol. The Morgan fingerprint density at radius 2 is 2.31 bits per heavy atom. The minimum absolute atomic E-state index is 0.0293. The summed E-state index contributed by atoms with van der Waals surface area (Å²) in [5.41, 5.74) is 2.03. The molecule has 0 aliphatic carbocycles. The third-order valence-corrected chi connectivity index (χ3v) is 4.68. The molecule has 1 saturated heterocycles. The zero-order valence-corrected chi connectivity index (χ0v) is 10.1. The second-order valence-corrected chi connectivity index (χ2v) is 6.52. The van der Waals surface area contributed by atoms with Crippen molar-refractivity contribution in [3.63, 3.8) is 0 Å². The predicted octanol–water partition coefficient (Wildman–Crippen LogP) is 1.38. The van der Waals surface area contributed by atoms with Crippen molar-refractivity contribution in [2.75, 3.05) is 16.8 Å². The second-order valence-electron chi connectivity index (χ2n) is 4.29. The summed E-state index contributed by atoms with van der Waals surface area (Å²) in [5.74, 6) is 0.568. The number of aryl methyl sites for hydroxylation is 1. The molecule has 5 heteroatoms. The van der Waals surface area contributed by atoms with E-state index in [1.807, 2.05) is 13.0 Å². The largest absolute Gasteiger partial charge is 0.380 e. The number of hydrogen-bond donors (Lipinski definition) is 1. The highest BCUT2D eigenvalue weighted by Crippen LogP contribution is 2.19. The Morgan fingerprint density at radius 3 is 3.00 bits per heavy atom. The van der Waals surface area contributed by atoms with Crippen LogP contribution >= 0.6 is 0 Å². The van der Waals surface area contributed by atoms with Gasteiger partial charge in [0.2, 0.25) is 0 Å². The van der Waals surface area contributed by atoms with Crippen LogP contribution < -0.4 is 5.32 Å². The summed E-state index contributed by atoms with van der Waals surface area (Å²) in [6, 6.07) is 1.95. The maximum atomic E-state index is 11.5. The summed E-state index contributed by atoms with van der Waals surface area (Å²) in [6.45, 7) is 1.99. The zero-order valence-electron chi connectivity index (χ0n) is 9.31. The summed E-state index contributed by atoms with van der Waals surface area (Å²) in [5, 5.41) is 3.26. The number of nitrogens with one attached hydrogen (secondary N) is 1. The van der Waals surface area contributed by atoms with Crippen molar-refractivity contribution in [2.45, 2.75) is 25.8 Å². The Bertz CT molecular complexity index is 471. The summed E-state index contributed by atoms with van der Waals surface area (Å²) in [6.07, 6.45) is 5.14. The first-order valence-corrected chi connectivity index (χ1v) is 7.26. The van der Waals surface area contributed by atoms with E-state index in [0.717, 1.165) is 24.1 Å². The standard InChI is InChI=1S/C11H16N2O2S/c1-9-4-5-12-7-11(9)13-10-3-2-6-16(14,15)8-10/h4-5,7,10,13H,2-3,6,8H2,1H3. The molecule has 1 fully saturated rings. The van der Waals surface area contributed by atoms with E-state index in [0.29, 0.717) is 5.75 Å². The van der Waals surface area contributed by atoms with E-state index in [-0.39, 0.29) is 11.8 Å². The molecule has 0 saturated carbocycles. The van der Waals surface area contributed by atoms with Crippen LogP contribution in [0.5, 0.6) is 0 Å². The first kappa shape index (κ1) is 11.4. The minimum atomic E-state index is -2.85. The fourth-order valence-electron chi connectivity index (χ4n) is 1.97. The molecule has 1 atom stereocenters. The summed E-state index contributed by atoms with van der Waals surface area (Å²) in [4.78, 5) is 4.04. The van der Waals surface area contributed by atoms with Gasteiger partial charge in [-0.3, -0.25) is 4.98 Å². The molecule has 0 amide bonds. The molecule has 1 unspecified atom stereocenters. The average molecular weight is 240 g/mol. The number of rotatable bonds is 2. The Balaban J connectivity index is 2.08. The quantitative estimate of drug-likeness (QED) is 0.848. The van der Waals surface area contributed by atoms with Crippen molar-refractivity contribution in [3.8, 4) is 0 Å². The van der Waals surface area contributed by atoms with Crippen LogP contribution in [0.4, 0.5) is 5.69 Å². The van der Waals surface area contributed by atoms with Gasteiger partial charge in [-0.2, -0.15) is 0 Å². The number of hydrogen-bond acceptors (Lipinski definition) is 4. The van der Waals surface area contributed by atoms with E-state index in [4.69, 9.17) is 0 Å². The highest BCUT2D eigenvalue weighted by molar-refractivity contribution is 7.91. The molecule has 1 aliphatic heterocycles. The van der Waals surface area contributed by atoms with Gasteiger partial charge in [0.1, 0.15) is 0 Å². The third kappa shape index (κ3) is 2.72. The minimum Gasteiger partial charge on any atom is -0.380 e. The Labute approximate surface area is 96.0 Å². The summed E-state index contributed by atoms with van der Waals surface area (Å²) in [7, 11) is -2.85. The lowest BCUT2D eigenvalue weighted by atomic mass is 10.1. The lowest BCUT2D eigenvalue weighted by molar-refractivity contribution is 0.562. The van der Waals surface area contributed by atoms with Crippen LogP contribution in [-0.2, 0) is 9.84 Å². The number of pyridine rings is 1. The van der Waals surface area contributed by atoms with Crippen molar-refractivity contribution >= 4 is 15.5 Å². The molecule has 2 heterocycles. The van der Waals surface area contributed by atoms with Gasteiger partial charge in [0.15, 0.2) is 9.84 Å². The molecule has 1 aromatic heterocycles. The molecule has 0 aromatic carbocycles. The Hall–Kier alpha value is -1.10. The smallest absolute Gasteiger partial charge is 0.152 e. The number of nitrogens with zero attached hydrogens (tertiary/aromatic N) is 1. The molecule has 0 radical (unpaired) electrons. The molecule has 4 nitrogen and oxygen atoms in total. The van der Waals surface area contributed by atoms with Gasteiger partial charge >= 0.3 is 0 Å². The topological polar surface area (TPSA) is 59.1 Å². The van der Waals surface area contributed by atoms with E-state index in [1.165, 1.54) is 0 Å². The summed E-state index contributed by atoms with van der Waals surface area (Å²) < 4.78 is 23.0. The average Bonchev–Trinajstić information content (AvgIpc) is 2.20. The first-order chi connectivity index (χ1) is 7.57. The molecule has 16 heavy (non-hydrogen) atoms. The first-order valence-electron chi connectivity index (χ1n) is 5.44. The predicted molar refractivity (Wildman–Crippen MR) is 64.3 cm³/mol. The van der Waals surface area contributed by atoms with Gasteiger partial charge in [0, 0.05) is 12.2 Å². The molecule has 1 aliphatic rings. The SMILES string of the molecule is Cc1ccncc1NC1CCCS(=O)(=O)C1. The maximum Gasteiger partial charge on any atom is 0.152 e. The van der Waals surface area contributed by atoms with Crippen molar-refractivity contribution in [3.05, 3.63) is 24.0 Å². The molecule has 1 aromatic rings. The van der Waals surface area contributed by atoms with Gasteiger partial charge in [0.05, 0.1) is 23.4 Å². The van der Waals surface area contributed by atoms with Crippen LogP contribution in [0, 0.1) is 6.92 Å². The van der Waals surface area contributed by atoms with Crippen molar-refractivity contribution in [2.24, 2.45) is 0 Å². The zero-order chi connectivity index (χ0) is 11.6. The van der Waals surface area contributed by atoms with Crippen molar-refractivity contribution in [1.29, 1.82) is 0 Å². The summed E-state index contributed by atoms with van der Waals surface area (Å²) >= 11 is 0. The number of anilines is 1. The molecule has 2 rings (SSSR count). The van der Waals surface area contributed by atoms with Crippen molar-refractivity contribution < 1.29 is 8.42 Å². The van der Waals surface area contributed by atoms with Gasteiger partial charge in [-0.05, 0) is 31.4 Å². The van der Waals surface area contributed by atoms with Crippen LogP contribution in [0.3, 0.4) is 0 Å². The second kappa shape index (κ2) is 4.41. The third-order valence-electron chi connectivity index (χ3n) is 2.86. The lowest BCUT2D eigenvalue weighted by Crippen LogP contribution is -2.35. The van der Waals surface area contributed by atoms with Crippen LogP contribution in [0.15, 0.2) is 18.5 Å².